The molecule has 1 unspecified atom stereocenters. The Morgan fingerprint density at radius 3 is 2.48 bits per heavy atom. The van der Waals surface area contributed by atoms with E-state index in [1.54, 1.807) is 0 Å². The zero-order valence-electron chi connectivity index (χ0n) is 15.8. The number of thiazole rings is 1. The molecule has 29 heavy (non-hydrogen) atoms. The number of nitrogens with zero attached hydrogens (tertiary/aromatic N) is 2. The minimum atomic E-state index is -5.02. The van der Waals surface area contributed by atoms with E-state index in [2.05, 4.69) is 15.2 Å². The van der Waals surface area contributed by atoms with E-state index in [0.29, 0.717) is 30.2 Å². The predicted octanol–water partition coefficient (Wildman–Crippen LogP) is 2.74. The van der Waals surface area contributed by atoms with Gasteiger partial charge in [-0.15, -0.1) is 11.3 Å². The number of aromatic nitrogens is 1. The lowest BCUT2D eigenvalue weighted by atomic mass is 9.99. The summed E-state index contributed by atoms with van der Waals surface area (Å²) in [7, 11) is 0. The van der Waals surface area contributed by atoms with Crippen molar-refractivity contribution in [2.75, 3.05) is 31.2 Å². The molecule has 2 heterocycles. The summed E-state index contributed by atoms with van der Waals surface area (Å²) in [5, 5.41) is 13.5. The maximum Gasteiger partial charge on any atom is 0.424 e. The number of benzene rings is 1. The van der Waals surface area contributed by atoms with E-state index in [1.807, 2.05) is 24.3 Å². The monoisotopic (exact) mass is 429 g/mol. The summed E-state index contributed by atoms with van der Waals surface area (Å²) in [5.74, 6) is -0.907. The number of hydrogen-bond acceptors (Lipinski definition) is 6. The highest BCUT2D eigenvalue weighted by Gasteiger charge is 2.58. The van der Waals surface area contributed by atoms with Crippen LogP contribution in [-0.2, 0) is 21.7 Å². The number of nitrogens with one attached hydrogen (secondary N) is 1. The Hall–Kier alpha value is -2.17. The first-order valence-corrected chi connectivity index (χ1v) is 9.97. The number of aliphatic hydroxyl groups is 1. The molecule has 2 N–H and O–H groups in total. The number of rotatable bonds is 6. The van der Waals surface area contributed by atoms with Crippen LogP contribution in [0.4, 0.5) is 18.9 Å². The normalized spacial score (nSPS) is 17.1. The maximum atomic E-state index is 13.5. The third kappa shape index (κ3) is 5.06. The van der Waals surface area contributed by atoms with Crippen molar-refractivity contribution in [3.8, 4) is 0 Å². The Balaban J connectivity index is 1.60. The molecule has 1 amide bonds. The summed E-state index contributed by atoms with van der Waals surface area (Å²) in [6.45, 7) is 4.51. The molecule has 1 aromatic heterocycles. The van der Waals surface area contributed by atoms with E-state index in [4.69, 9.17) is 4.74 Å². The highest BCUT2D eigenvalue weighted by molar-refractivity contribution is 7.09. The second-order valence-electron chi connectivity index (χ2n) is 6.87. The fraction of sp³-hybridized carbons (Fsp3) is 0.474. The Bertz CT molecular complexity index is 835. The standard InChI is InChI=1S/C19H22F3N3O3S/c1-13-12-29-17(24-13)18(27,19(20,21)22)10-16(26)23-11-14-2-4-15(5-3-14)25-6-8-28-9-7-25/h2-5,12,27H,6-11H2,1H3,(H,23,26). The number of aryl methyl sites for hydroxylation is 1. The second-order valence-corrected chi connectivity index (χ2v) is 7.73. The summed E-state index contributed by atoms with van der Waals surface area (Å²) in [4.78, 5) is 18.1. The molecule has 0 saturated carbocycles. The van der Waals surface area contributed by atoms with Gasteiger partial charge in [0, 0.05) is 36.4 Å². The molecule has 1 atom stereocenters. The van der Waals surface area contributed by atoms with Crippen LogP contribution in [0.2, 0.25) is 0 Å². The Labute approximate surface area is 170 Å². The smallest absolute Gasteiger partial charge is 0.378 e. The van der Waals surface area contributed by atoms with Gasteiger partial charge in [-0.05, 0) is 24.6 Å². The van der Waals surface area contributed by atoms with Gasteiger partial charge < -0.3 is 20.1 Å². The number of hydrogen-bond donors (Lipinski definition) is 2. The van der Waals surface area contributed by atoms with Crippen LogP contribution in [0, 0.1) is 6.92 Å². The quantitative estimate of drug-likeness (QED) is 0.739. The van der Waals surface area contributed by atoms with Crippen LogP contribution in [-0.4, -0.2) is 48.5 Å². The molecule has 3 rings (SSSR count). The zero-order chi connectivity index (χ0) is 21.1. The fourth-order valence-corrected chi connectivity index (χ4v) is 3.90. The Morgan fingerprint density at radius 1 is 1.28 bits per heavy atom. The van der Waals surface area contributed by atoms with Gasteiger partial charge in [-0.3, -0.25) is 4.79 Å². The highest BCUT2D eigenvalue weighted by Crippen LogP contribution is 2.42. The van der Waals surface area contributed by atoms with Crippen molar-refractivity contribution in [2.24, 2.45) is 0 Å². The van der Waals surface area contributed by atoms with Crippen molar-refractivity contribution in [3.63, 3.8) is 0 Å². The highest BCUT2D eigenvalue weighted by atomic mass is 32.1. The van der Waals surface area contributed by atoms with Crippen LogP contribution in [0.5, 0.6) is 0 Å². The number of carbonyl (C=O) groups excluding carboxylic acids is 1. The van der Waals surface area contributed by atoms with E-state index in [-0.39, 0.29) is 6.54 Å². The van der Waals surface area contributed by atoms with Crippen LogP contribution < -0.4 is 10.2 Å². The van der Waals surface area contributed by atoms with Gasteiger partial charge in [-0.1, -0.05) is 12.1 Å². The number of alkyl halides is 3. The van der Waals surface area contributed by atoms with Crippen molar-refractivity contribution >= 4 is 22.9 Å². The van der Waals surface area contributed by atoms with E-state index in [0.717, 1.165) is 24.3 Å². The topological polar surface area (TPSA) is 74.7 Å². The Morgan fingerprint density at radius 2 is 1.93 bits per heavy atom. The molecule has 158 valence electrons. The van der Waals surface area contributed by atoms with Gasteiger partial charge in [0.05, 0.1) is 19.6 Å². The first-order chi connectivity index (χ1) is 13.7. The number of morpholine rings is 1. The number of halogens is 3. The van der Waals surface area contributed by atoms with Gasteiger partial charge >= 0.3 is 6.18 Å². The maximum absolute atomic E-state index is 13.5. The molecule has 0 spiro atoms. The lowest BCUT2D eigenvalue weighted by molar-refractivity contribution is -0.267. The summed E-state index contributed by atoms with van der Waals surface area (Å²) >= 11 is 0.680. The van der Waals surface area contributed by atoms with Gasteiger partial charge in [0.15, 0.2) is 0 Å². The van der Waals surface area contributed by atoms with Gasteiger partial charge in [0.1, 0.15) is 5.01 Å². The summed E-state index contributed by atoms with van der Waals surface area (Å²) in [6.07, 6.45) is -6.16. The summed E-state index contributed by atoms with van der Waals surface area (Å²) in [5.41, 5.74) is -1.19. The van der Waals surface area contributed by atoms with Gasteiger partial charge in [-0.25, -0.2) is 4.98 Å². The molecular formula is C19H22F3N3O3S. The third-order valence-electron chi connectivity index (χ3n) is 4.66. The lowest BCUT2D eigenvalue weighted by Crippen LogP contribution is -2.46. The van der Waals surface area contributed by atoms with Crippen LogP contribution in [0.15, 0.2) is 29.6 Å². The van der Waals surface area contributed by atoms with Crippen LogP contribution >= 0.6 is 11.3 Å². The third-order valence-corrected chi connectivity index (χ3v) is 5.77. The predicted molar refractivity (Wildman–Crippen MR) is 103 cm³/mol. The molecule has 0 bridgehead atoms. The summed E-state index contributed by atoms with van der Waals surface area (Å²) in [6, 6.07) is 7.42. The SMILES string of the molecule is Cc1csc(C(O)(CC(=O)NCc2ccc(N3CCOCC3)cc2)C(F)(F)F)n1. The Kier molecular flexibility index (Phi) is 6.45. The molecule has 1 fully saturated rings. The van der Waals surface area contributed by atoms with E-state index >= 15 is 0 Å². The first-order valence-electron chi connectivity index (χ1n) is 9.09. The van der Waals surface area contributed by atoms with E-state index < -0.39 is 29.1 Å². The lowest BCUT2D eigenvalue weighted by Gasteiger charge is -2.29. The molecule has 0 radical (unpaired) electrons. The van der Waals surface area contributed by atoms with E-state index in [9.17, 15) is 23.1 Å². The first kappa shape index (κ1) is 21.5. The minimum absolute atomic E-state index is 0.0626. The molecule has 1 aromatic carbocycles. The number of amides is 1. The average molecular weight is 429 g/mol. The van der Waals surface area contributed by atoms with Gasteiger partial charge in [-0.2, -0.15) is 13.2 Å². The largest absolute Gasteiger partial charge is 0.424 e. The molecule has 1 aliphatic heterocycles. The van der Waals surface area contributed by atoms with Gasteiger partial charge in [0.2, 0.25) is 11.5 Å². The van der Waals surface area contributed by atoms with Gasteiger partial charge in [0.25, 0.3) is 0 Å². The number of carbonyl (C=O) groups is 1. The molecule has 1 saturated heterocycles. The summed E-state index contributed by atoms with van der Waals surface area (Å²) < 4.78 is 45.7. The molecule has 6 nitrogen and oxygen atoms in total. The number of anilines is 1. The average Bonchev–Trinajstić information content (AvgIpc) is 3.13. The minimum Gasteiger partial charge on any atom is -0.378 e. The molecule has 0 aliphatic carbocycles. The van der Waals surface area contributed by atoms with Crippen molar-refractivity contribution < 1.29 is 27.8 Å². The molecule has 2 aromatic rings. The number of ether oxygens (including phenoxy) is 1. The van der Waals surface area contributed by atoms with Crippen molar-refractivity contribution in [2.45, 2.75) is 31.7 Å². The van der Waals surface area contributed by atoms with Crippen LogP contribution in [0.1, 0.15) is 22.7 Å². The van der Waals surface area contributed by atoms with Crippen molar-refractivity contribution in [1.82, 2.24) is 10.3 Å². The van der Waals surface area contributed by atoms with Crippen LogP contribution in [0.3, 0.4) is 0 Å². The van der Waals surface area contributed by atoms with Crippen molar-refractivity contribution in [3.05, 3.63) is 45.9 Å². The fourth-order valence-electron chi connectivity index (χ4n) is 2.98. The molecule has 1 aliphatic rings. The zero-order valence-corrected chi connectivity index (χ0v) is 16.6. The molecular weight excluding hydrogens is 407 g/mol. The molecule has 10 heteroatoms. The second kappa shape index (κ2) is 8.68. The van der Waals surface area contributed by atoms with Crippen LogP contribution in [0.25, 0.3) is 0 Å². The van der Waals surface area contributed by atoms with E-state index in [1.165, 1.54) is 12.3 Å². The van der Waals surface area contributed by atoms with Crippen molar-refractivity contribution in [1.29, 1.82) is 0 Å².